The number of hydrogen-bond donors (Lipinski definition) is 1. The highest BCUT2D eigenvalue weighted by Gasteiger charge is 1.98. The Labute approximate surface area is 114 Å². The summed E-state index contributed by atoms with van der Waals surface area (Å²) in [6.07, 6.45) is 0. The van der Waals surface area contributed by atoms with E-state index in [4.69, 9.17) is 4.74 Å². The molecule has 100 valence electrons. The van der Waals surface area contributed by atoms with E-state index in [1.54, 1.807) is 0 Å². The van der Waals surface area contributed by atoms with Crippen molar-refractivity contribution in [1.82, 2.24) is 4.90 Å². The van der Waals surface area contributed by atoms with Gasteiger partial charge in [-0.2, -0.15) is 0 Å². The Morgan fingerprint density at radius 1 is 0.947 bits per heavy atom. The normalized spacial score (nSPS) is 10.5. The van der Waals surface area contributed by atoms with Crippen LogP contribution >= 0.6 is 0 Å². The standard InChI is InChI=1S/C16H20N2O/c1-18(2)11-12-19-16-10-6-9-15(13-16)17-14-7-4-3-5-8-14/h3-10,13,17H,11-12H2,1-2H3. The summed E-state index contributed by atoms with van der Waals surface area (Å²) in [5.74, 6) is 0.891. The van der Waals surface area contributed by atoms with E-state index in [1.165, 1.54) is 0 Å². The minimum atomic E-state index is 0.696. The largest absolute Gasteiger partial charge is 0.492 e. The fourth-order valence-corrected chi connectivity index (χ4v) is 1.70. The first-order valence-electron chi connectivity index (χ1n) is 6.44. The number of hydrogen-bond acceptors (Lipinski definition) is 3. The molecule has 0 unspecified atom stereocenters. The quantitative estimate of drug-likeness (QED) is 0.857. The smallest absolute Gasteiger partial charge is 0.121 e. The van der Waals surface area contributed by atoms with Gasteiger partial charge in [0.2, 0.25) is 0 Å². The number of nitrogens with zero attached hydrogens (tertiary/aromatic N) is 1. The van der Waals surface area contributed by atoms with Gasteiger partial charge < -0.3 is 15.0 Å². The van der Waals surface area contributed by atoms with Crippen LogP contribution in [0.4, 0.5) is 11.4 Å². The lowest BCUT2D eigenvalue weighted by molar-refractivity contribution is 0.261. The van der Waals surface area contributed by atoms with Gasteiger partial charge in [0.1, 0.15) is 12.4 Å². The highest BCUT2D eigenvalue weighted by molar-refractivity contribution is 5.60. The highest BCUT2D eigenvalue weighted by Crippen LogP contribution is 2.21. The van der Waals surface area contributed by atoms with Gasteiger partial charge in [0.25, 0.3) is 0 Å². The van der Waals surface area contributed by atoms with Crippen molar-refractivity contribution in [3.8, 4) is 5.75 Å². The number of benzene rings is 2. The molecule has 0 aromatic heterocycles. The molecule has 0 aliphatic heterocycles. The molecular formula is C16H20N2O. The predicted molar refractivity (Wildman–Crippen MR) is 80.2 cm³/mol. The SMILES string of the molecule is CN(C)CCOc1cccc(Nc2ccccc2)c1. The Morgan fingerprint density at radius 2 is 1.68 bits per heavy atom. The number of rotatable bonds is 6. The molecule has 0 spiro atoms. The maximum atomic E-state index is 5.71. The highest BCUT2D eigenvalue weighted by atomic mass is 16.5. The van der Waals surface area contributed by atoms with Gasteiger partial charge in [0.15, 0.2) is 0 Å². The molecule has 0 amide bonds. The van der Waals surface area contributed by atoms with Crippen molar-refractivity contribution in [1.29, 1.82) is 0 Å². The maximum absolute atomic E-state index is 5.71. The third-order valence-corrected chi connectivity index (χ3v) is 2.70. The van der Waals surface area contributed by atoms with Gasteiger partial charge in [-0.25, -0.2) is 0 Å². The molecule has 0 bridgehead atoms. The zero-order chi connectivity index (χ0) is 13.5. The minimum Gasteiger partial charge on any atom is -0.492 e. The molecule has 0 atom stereocenters. The van der Waals surface area contributed by atoms with Crippen LogP contribution in [0.5, 0.6) is 5.75 Å². The summed E-state index contributed by atoms with van der Waals surface area (Å²) in [6.45, 7) is 1.61. The zero-order valence-electron chi connectivity index (χ0n) is 11.5. The van der Waals surface area contributed by atoms with Gasteiger partial charge in [-0.3, -0.25) is 0 Å². The Morgan fingerprint density at radius 3 is 2.42 bits per heavy atom. The van der Waals surface area contributed by atoms with Gasteiger partial charge in [-0.1, -0.05) is 24.3 Å². The summed E-state index contributed by atoms with van der Waals surface area (Å²) >= 11 is 0. The molecule has 0 radical (unpaired) electrons. The van der Waals surface area contributed by atoms with Crippen LogP contribution in [0.25, 0.3) is 0 Å². The lowest BCUT2D eigenvalue weighted by Gasteiger charge is -2.12. The van der Waals surface area contributed by atoms with Crippen molar-refractivity contribution < 1.29 is 4.74 Å². The third-order valence-electron chi connectivity index (χ3n) is 2.70. The van der Waals surface area contributed by atoms with Crippen LogP contribution in [-0.4, -0.2) is 32.1 Å². The molecule has 0 saturated carbocycles. The van der Waals surface area contributed by atoms with E-state index in [2.05, 4.69) is 10.2 Å². The summed E-state index contributed by atoms with van der Waals surface area (Å²) < 4.78 is 5.71. The molecule has 2 aromatic carbocycles. The van der Waals surface area contributed by atoms with Crippen LogP contribution in [0, 0.1) is 0 Å². The summed E-state index contributed by atoms with van der Waals surface area (Å²) in [5.41, 5.74) is 2.11. The second-order valence-corrected chi connectivity index (χ2v) is 4.67. The molecule has 2 aromatic rings. The topological polar surface area (TPSA) is 24.5 Å². The van der Waals surface area contributed by atoms with Gasteiger partial charge >= 0.3 is 0 Å². The van der Waals surface area contributed by atoms with E-state index in [9.17, 15) is 0 Å². The average Bonchev–Trinajstić information content (AvgIpc) is 2.40. The van der Waals surface area contributed by atoms with Crippen LogP contribution in [-0.2, 0) is 0 Å². The van der Waals surface area contributed by atoms with E-state index >= 15 is 0 Å². The molecule has 1 N–H and O–H groups in total. The van der Waals surface area contributed by atoms with E-state index in [-0.39, 0.29) is 0 Å². The van der Waals surface area contributed by atoms with Crippen molar-refractivity contribution in [2.75, 3.05) is 32.6 Å². The summed E-state index contributed by atoms with van der Waals surface area (Å²) in [7, 11) is 4.08. The first-order chi connectivity index (χ1) is 9.24. The van der Waals surface area contributed by atoms with Crippen molar-refractivity contribution in [3.63, 3.8) is 0 Å². The van der Waals surface area contributed by atoms with Crippen LogP contribution in [0.1, 0.15) is 0 Å². The number of anilines is 2. The van der Waals surface area contributed by atoms with E-state index < -0.39 is 0 Å². The van der Waals surface area contributed by atoms with Gasteiger partial charge in [0.05, 0.1) is 0 Å². The molecule has 0 saturated heterocycles. The van der Waals surface area contributed by atoms with E-state index in [1.807, 2.05) is 68.7 Å². The molecule has 2 rings (SSSR count). The van der Waals surface area contributed by atoms with Crippen molar-refractivity contribution in [2.45, 2.75) is 0 Å². The monoisotopic (exact) mass is 256 g/mol. The van der Waals surface area contributed by atoms with Crippen molar-refractivity contribution >= 4 is 11.4 Å². The van der Waals surface area contributed by atoms with Crippen molar-refractivity contribution in [2.24, 2.45) is 0 Å². The predicted octanol–water partition coefficient (Wildman–Crippen LogP) is 3.37. The lowest BCUT2D eigenvalue weighted by Crippen LogP contribution is -2.19. The zero-order valence-corrected chi connectivity index (χ0v) is 11.5. The summed E-state index contributed by atoms with van der Waals surface area (Å²) in [6, 6.07) is 18.1. The molecule has 0 aliphatic rings. The average molecular weight is 256 g/mol. The number of ether oxygens (including phenoxy) is 1. The van der Waals surface area contributed by atoms with E-state index in [0.29, 0.717) is 6.61 Å². The fraction of sp³-hybridized carbons (Fsp3) is 0.250. The summed E-state index contributed by atoms with van der Waals surface area (Å²) in [5, 5.41) is 3.35. The third kappa shape index (κ3) is 4.64. The molecule has 3 heteroatoms. The van der Waals surface area contributed by atoms with Gasteiger partial charge in [-0.05, 0) is 38.4 Å². The fourth-order valence-electron chi connectivity index (χ4n) is 1.70. The lowest BCUT2D eigenvalue weighted by atomic mass is 10.2. The minimum absolute atomic E-state index is 0.696. The van der Waals surface area contributed by atoms with Crippen molar-refractivity contribution in [3.05, 3.63) is 54.6 Å². The Kier molecular flexibility index (Phi) is 4.81. The van der Waals surface area contributed by atoms with E-state index in [0.717, 1.165) is 23.7 Å². The molecule has 0 fully saturated rings. The second-order valence-electron chi connectivity index (χ2n) is 4.67. The maximum Gasteiger partial charge on any atom is 0.121 e. The molecule has 19 heavy (non-hydrogen) atoms. The number of nitrogens with one attached hydrogen (secondary N) is 1. The Balaban J connectivity index is 1.95. The first-order valence-corrected chi connectivity index (χ1v) is 6.44. The first kappa shape index (κ1) is 13.4. The van der Waals surface area contributed by atoms with Crippen LogP contribution in [0.15, 0.2) is 54.6 Å². The van der Waals surface area contributed by atoms with Crippen LogP contribution < -0.4 is 10.1 Å². The Hall–Kier alpha value is -2.00. The Bertz CT molecular complexity index is 497. The summed E-state index contributed by atoms with van der Waals surface area (Å²) in [4.78, 5) is 2.10. The second kappa shape index (κ2) is 6.81. The van der Waals surface area contributed by atoms with Crippen LogP contribution in [0.3, 0.4) is 0 Å². The van der Waals surface area contributed by atoms with Crippen LogP contribution in [0.2, 0.25) is 0 Å². The molecule has 0 heterocycles. The number of para-hydroxylation sites is 1. The molecule has 3 nitrogen and oxygen atoms in total. The van der Waals surface area contributed by atoms with Gasteiger partial charge in [-0.15, -0.1) is 0 Å². The van der Waals surface area contributed by atoms with Gasteiger partial charge in [0, 0.05) is 24.0 Å². The molecule has 0 aliphatic carbocycles. The number of likely N-dealkylation sites (N-methyl/N-ethyl adjacent to an activating group) is 1. The molecular weight excluding hydrogens is 236 g/mol.